The van der Waals surface area contributed by atoms with Gasteiger partial charge in [0.05, 0.1) is 18.1 Å². The molecular weight excluding hydrogens is 204 g/mol. The average Bonchev–Trinajstić information content (AvgIpc) is 2.10. The van der Waals surface area contributed by atoms with Crippen molar-refractivity contribution in [1.82, 2.24) is 0 Å². The summed E-state index contributed by atoms with van der Waals surface area (Å²) < 4.78 is 4.98. The summed E-state index contributed by atoms with van der Waals surface area (Å²) in [6.07, 6.45) is 5.40. The van der Waals surface area contributed by atoms with Crippen LogP contribution in [-0.2, 0) is 9.53 Å². The van der Waals surface area contributed by atoms with Crippen LogP contribution in [0.15, 0.2) is 0 Å². The first kappa shape index (κ1) is 10.6. The Kier molecular flexibility index (Phi) is 1.86. The van der Waals surface area contributed by atoms with Crippen LogP contribution in [0.4, 0.5) is 0 Å². The number of ether oxygens (including phenoxy) is 1. The van der Waals surface area contributed by atoms with E-state index in [9.17, 15) is 9.90 Å². The van der Waals surface area contributed by atoms with E-state index in [1.54, 1.807) is 0 Å². The molecule has 0 aromatic carbocycles. The monoisotopic (exact) mass is 224 g/mol. The zero-order valence-corrected chi connectivity index (χ0v) is 10.1. The molecule has 4 aliphatic carbocycles. The molecule has 0 amide bonds. The Morgan fingerprint density at radius 1 is 1.25 bits per heavy atom. The zero-order chi connectivity index (χ0) is 11.6. The molecule has 0 radical (unpaired) electrons. The molecule has 4 rings (SSSR count). The third-order valence-corrected chi connectivity index (χ3v) is 4.94. The Balaban J connectivity index is 2.01. The first-order chi connectivity index (χ1) is 7.39. The largest absolute Gasteiger partial charge is 0.469 e. The highest BCUT2D eigenvalue weighted by Crippen LogP contribution is 2.66. The van der Waals surface area contributed by atoms with Gasteiger partial charge >= 0.3 is 5.97 Å². The van der Waals surface area contributed by atoms with Crippen molar-refractivity contribution in [2.45, 2.75) is 51.0 Å². The molecule has 0 heterocycles. The Morgan fingerprint density at radius 3 is 2.56 bits per heavy atom. The highest BCUT2D eigenvalue weighted by molar-refractivity contribution is 5.77. The van der Waals surface area contributed by atoms with Crippen molar-refractivity contribution in [3.05, 3.63) is 0 Å². The van der Waals surface area contributed by atoms with E-state index in [1.165, 1.54) is 13.5 Å². The summed E-state index contributed by atoms with van der Waals surface area (Å²) in [5, 5.41) is 10.6. The van der Waals surface area contributed by atoms with Gasteiger partial charge in [-0.25, -0.2) is 0 Å². The van der Waals surface area contributed by atoms with Crippen LogP contribution >= 0.6 is 0 Å². The van der Waals surface area contributed by atoms with E-state index < -0.39 is 5.60 Å². The molecule has 0 spiro atoms. The molecule has 3 nitrogen and oxygen atoms in total. The lowest BCUT2D eigenvalue weighted by Crippen LogP contribution is -2.61. The van der Waals surface area contributed by atoms with Crippen molar-refractivity contribution in [2.24, 2.45) is 16.7 Å². The van der Waals surface area contributed by atoms with Crippen molar-refractivity contribution in [2.75, 3.05) is 7.11 Å². The quantitative estimate of drug-likeness (QED) is 0.692. The van der Waals surface area contributed by atoms with Gasteiger partial charge in [-0.1, -0.05) is 6.92 Å². The van der Waals surface area contributed by atoms with Crippen LogP contribution in [-0.4, -0.2) is 23.8 Å². The van der Waals surface area contributed by atoms with Crippen LogP contribution < -0.4 is 0 Å². The predicted octanol–water partition coefficient (Wildman–Crippen LogP) is 1.88. The minimum absolute atomic E-state index is 0.0961. The van der Waals surface area contributed by atoms with E-state index in [-0.39, 0.29) is 16.8 Å². The van der Waals surface area contributed by atoms with Gasteiger partial charge in [-0.05, 0) is 49.9 Å². The van der Waals surface area contributed by atoms with Gasteiger partial charge in [0.1, 0.15) is 0 Å². The molecule has 0 aliphatic heterocycles. The van der Waals surface area contributed by atoms with Crippen LogP contribution in [0.2, 0.25) is 0 Å². The summed E-state index contributed by atoms with van der Waals surface area (Å²) in [5.74, 6) is 0.423. The second-order valence-corrected chi connectivity index (χ2v) is 6.82. The molecule has 1 N–H and O–H groups in total. The summed E-state index contributed by atoms with van der Waals surface area (Å²) in [6, 6.07) is 0. The average molecular weight is 224 g/mol. The van der Waals surface area contributed by atoms with Crippen molar-refractivity contribution in [3.63, 3.8) is 0 Å². The van der Waals surface area contributed by atoms with E-state index in [1.807, 2.05) is 0 Å². The van der Waals surface area contributed by atoms with Crippen molar-refractivity contribution < 1.29 is 14.6 Å². The fraction of sp³-hybridized carbons (Fsp3) is 0.923. The summed E-state index contributed by atoms with van der Waals surface area (Å²) in [7, 11) is 1.47. The van der Waals surface area contributed by atoms with Gasteiger partial charge in [0.15, 0.2) is 0 Å². The summed E-state index contributed by atoms with van der Waals surface area (Å²) >= 11 is 0. The zero-order valence-electron chi connectivity index (χ0n) is 10.1. The molecule has 0 aromatic rings. The topological polar surface area (TPSA) is 46.5 Å². The number of esters is 1. The van der Waals surface area contributed by atoms with Crippen LogP contribution in [0, 0.1) is 16.7 Å². The van der Waals surface area contributed by atoms with Gasteiger partial charge in [-0.15, -0.1) is 0 Å². The van der Waals surface area contributed by atoms with E-state index in [0.717, 1.165) is 25.7 Å². The molecule has 16 heavy (non-hydrogen) atoms. The molecule has 4 saturated carbocycles. The van der Waals surface area contributed by atoms with E-state index >= 15 is 0 Å². The van der Waals surface area contributed by atoms with Gasteiger partial charge in [-0.3, -0.25) is 4.79 Å². The van der Waals surface area contributed by atoms with Crippen molar-refractivity contribution in [3.8, 4) is 0 Å². The number of aliphatic hydroxyl groups is 1. The Bertz CT molecular complexity index is 331. The molecule has 4 fully saturated rings. The van der Waals surface area contributed by atoms with Crippen LogP contribution in [0.3, 0.4) is 0 Å². The van der Waals surface area contributed by atoms with Gasteiger partial charge in [0.2, 0.25) is 0 Å². The molecule has 4 atom stereocenters. The number of rotatable bonds is 1. The maximum atomic E-state index is 12.0. The van der Waals surface area contributed by atoms with Crippen molar-refractivity contribution >= 4 is 5.97 Å². The molecule has 3 heteroatoms. The second kappa shape index (κ2) is 2.81. The third-order valence-electron chi connectivity index (χ3n) is 4.94. The van der Waals surface area contributed by atoms with Gasteiger partial charge in [-0.2, -0.15) is 0 Å². The number of carbonyl (C=O) groups excluding carboxylic acids is 1. The van der Waals surface area contributed by atoms with Crippen LogP contribution in [0.5, 0.6) is 0 Å². The Labute approximate surface area is 96.2 Å². The predicted molar refractivity (Wildman–Crippen MR) is 58.7 cm³/mol. The highest BCUT2D eigenvalue weighted by Gasteiger charge is 2.64. The fourth-order valence-electron chi connectivity index (χ4n) is 5.31. The molecule has 90 valence electrons. The third kappa shape index (κ3) is 1.27. The van der Waals surface area contributed by atoms with Gasteiger partial charge in [0.25, 0.3) is 0 Å². The molecule has 4 bridgehead atoms. The number of hydrogen-bond acceptors (Lipinski definition) is 3. The number of carbonyl (C=O) groups is 1. The fourth-order valence-corrected chi connectivity index (χ4v) is 5.31. The summed E-state index contributed by atoms with van der Waals surface area (Å²) in [4.78, 5) is 12.0. The Morgan fingerprint density at radius 2 is 2.00 bits per heavy atom. The first-order valence-corrected chi connectivity index (χ1v) is 6.20. The Hall–Kier alpha value is -0.570. The molecule has 0 saturated heterocycles. The SMILES string of the molecule is COC(=O)C12CC3CC(C)(CC(O)(C3)C1)C2. The molecular formula is C13H20O3. The van der Waals surface area contributed by atoms with Crippen LogP contribution in [0.25, 0.3) is 0 Å². The smallest absolute Gasteiger partial charge is 0.311 e. The minimum atomic E-state index is -0.595. The lowest BCUT2D eigenvalue weighted by atomic mass is 9.43. The van der Waals surface area contributed by atoms with Crippen molar-refractivity contribution in [1.29, 1.82) is 0 Å². The van der Waals surface area contributed by atoms with E-state index in [2.05, 4.69) is 6.92 Å². The maximum Gasteiger partial charge on any atom is 0.311 e. The van der Waals surface area contributed by atoms with Gasteiger partial charge in [0, 0.05) is 0 Å². The lowest BCUT2D eigenvalue weighted by molar-refractivity contribution is -0.211. The standard InChI is InChI=1S/C13H20O3/c1-11-3-9-4-12(6-11,10(14)16-2)8-13(15,5-9)7-11/h9,15H,3-8H2,1-2H3. The minimum Gasteiger partial charge on any atom is -0.469 e. The lowest BCUT2D eigenvalue weighted by Gasteiger charge is -2.62. The van der Waals surface area contributed by atoms with Crippen LogP contribution in [0.1, 0.15) is 45.4 Å². The highest BCUT2D eigenvalue weighted by atomic mass is 16.5. The number of hydrogen-bond donors (Lipinski definition) is 1. The van der Waals surface area contributed by atoms with Gasteiger partial charge < -0.3 is 9.84 Å². The normalized spacial score (nSPS) is 54.1. The summed E-state index contributed by atoms with van der Waals surface area (Å²) in [6.45, 7) is 2.22. The molecule has 4 unspecified atom stereocenters. The second-order valence-electron chi connectivity index (χ2n) is 6.82. The molecule has 0 aromatic heterocycles. The number of methoxy groups -OCH3 is 1. The molecule has 4 aliphatic rings. The van der Waals surface area contributed by atoms with E-state index in [0.29, 0.717) is 12.3 Å². The first-order valence-electron chi connectivity index (χ1n) is 6.20. The van der Waals surface area contributed by atoms with E-state index in [4.69, 9.17) is 4.74 Å². The summed E-state index contributed by atoms with van der Waals surface area (Å²) in [5.41, 5.74) is -0.817. The maximum absolute atomic E-state index is 12.0.